The van der Waals surface area contributed by atoms with Gasteiger partial charge in [0, 0.05) is 42.5 Å². The Bertz CT molecular complexity index is 1650. The molecule has 2 N–H and O–H groups in total. The van der Waals surface area contributed by atoms with Crippen LogP contribution in [0.15, 0.2) is 61.1 Å². The maximum Gasteiger partial charge on any atom is 0.253 e. The van der Waals surface area contributed by atoms with Gasteiger partial charge in [0.05, 0.1) is 11.6 Å². The molecule has 1 aromatic carbocycles. The summed E-state index contributed by atoms with van der Waals surface area (Å²) in [6.45, 7) is 5.40. The van der Waals surface area contributed by atoms with Crippen LogP contribution in [-0.2, 0) is 11.8 Å². The molecule has 0 aliphatic heterocycles. The SMILES string of the molecule is CC(C)C(=O)Nc1nc2cc(-c3cn(C)c4ncc(C(=O)NC(C)c5cccc(F)c5)cc34)ccn2n1. The summed E-state index contributed by atoms with van der Waals surface area (Å²) in [7, 11) is 1.89. The predicted molar refractivity (Wildman–Crippen MR) is 138 cm³/mol. The van der Waals surface area contributed by atoms with E-state index in [2.05, 4.69) is 25.7 Å². The fourth-order valence-corrected chi connectivity index (χ4v) is 4.11. The van der Waals surface area contributed by atoms with Crippen LogP contribution in [0, 0.1) is 11.7 Å². The topological polar surface area (TPSA) is 106 Å². The molecule has 0 aliphatic rings. The van der Waals surface area contributed by atoms with E-state index in [0.717, 1.165) is 22.2 Å². The Kier molecular flexibility index (Phi) is 6.16. The van der Waals surface area contributed by atoms with Crippen LogP contribution >= 0.6 is 0 Å². The van der Waals surface area contributed by atoms with E-state index in [1.165, 1.54) is 18.3 Å². The van der Waals surface area contributed by atoms with Crippen molar-refractivity contribution in [2.45, 2.75) is 26.8 Å². The highest BCUT2D eigenvalue weighted by Crippen LogP contribution is 2.30. The Balaban J connectivity index is 1.46. The zero-order valence-corrected chi connectivity index (χ0v) is 20.9. The van der Waals surface area contributed by atoms with Gasteiger partial charge in [-0.3, -0.25) is 14.9 Å². The van der Waals surface area contributed by atoms with Crippen molar-refractivity contribution in [3.8, 4) is 11.1 Å². The molecule has 0 spiro atoms. The van der Waals surface area contributed by atoms with Crippen molar-refractivity contribution in [2.24, 2.45) is 13.0 Å². The number of amides is 2. The van der Waals surface area contributed by atoms with Crippen molar-refractivity contribution < 1.29 is 14.0 Å². The monoisotopic (exact) mass is 499 g/mol. The second-order valence-corrected chi connectivity index (χ2v) is 9.30. The molecular weight excluding hydrogens is 473 g/mol. The molecule has 0 radical (unpaired) electrons. The van der Waals surface area contributed by atoms with Gasteiger partial charge in [-0.1, -0.05) is 26.0 Å². The molecule has 0 saturated heterocycles. The first kappa shape index (κ1) is 24.1. The van der Waals surface area contributed by atoms with Gasteiger partial charge >= 0.3 is 0 Å². The van der Waals surface area contributed by atoms with Crippen molar-refractivity contribution in [3.63, 3.8) is 0 Å². The molecule has 37 heavy (non-hydrogen) atoms. The Morgan fingerprint density at radius 1 is 1.08 bits per heavy atom. The summed E-state index contributed by atoms with van der Waals surface area (Å²) in [5.41, 5.74) is 4.09. The molecule has 0 saturated carbocycles. The van der Waals surface area contributed by atoms with Crippen molar-refractivity contribution >= 4 is 34.4 Å². The number of carbonyl (C=O) groups excluding carboxylic acids is 2. The number of fused-ring (bicyclic) bond motifs is 2. The fraction of sp³-hybridized carbons (Fsp3) is 0.222. The third-order valence-corrected chi connectivity index (χ3v) is 6.18. The molecule has 2 amide bonds. The minimum atomic E-state index is -0.380. The van der Waals surface area contributed by atoms with E-state index in [4.69, 9.17) is 0 Å². The van der Waals surface area contributed by atoms with Crippen molar-refractivity contribution in [3.05, 3.63) is 78.0 Å². The third kappa shape index (κ3) is 4.77. The molecule has 4 aromatic heterocycles. The lowest BCUT2D eigenvalue weighted by Gasteiger charge is -2.14. The van der Waals surface area contributed by atoms with Crippen LogP contribution in [0.5, 0.6) is 0 Å². The summed E-state index contributed by atoms with van der Waals surface area (Å²) in [6.07, 6.45) is 5.25. The van der Waals surface area contributed by atoms with Gasteiger partial charge in [-0.2, -0.15) is 4.98 Å². The first-order chi connectivity index (χ1) is 17.7. The summed E-state index contributed by atoms with van der Waals surface area (Å²) >= 11 is 0. The summed E-state index contributed by atoms with van der Waals surface area (Å²) in [6, 6.07) is 11.3. The van der Waals surface area contributed by atoms with E-state index < -0.39 is 0 Å². The smallest absolute Gasteiger partial charge is 0.253 e. The normalized spacial score (nSPS) is 12.3. The highest BCUT2D eigenvalue weighted by molar-refractivity contribution is 6.01. The lowest BCUT2D eigenvalue weighted by atomic mass is 10.1. The van der Waals surface area contributed by atoms with E-state index in [-0.39, 0.29) is 35.5 Å². The maximum atomic E-state index is 13.6. The first-order valence-electron chi connectivity index (χ1n) is 11.9. The average Bonchev–Trinajstić information content (AvgIpc) is 3.43. The highest BCUT2D eigenvalue weighted by Gasteiger charge is 2.17. The molecule has 5 rings (SSSR count). The minimum absolute atomic E-state index is 0.159. The van der Waals surface area contributed by atoms with Crippen LogP contribution in [0.1, 0.15) is 42.7 Å². The number of carbonyl (C=O) groups is 2. The fourth-order valence-electron chi connectivity index (χ4n) is 4.11. The Hall–Kier alpha value is -4.60. The lowest BCUT2D eigenvalue weighted by Crippen LogP contribution is -2.26. The summed E-state index contributed by atoms with van der Waals surface area (Å²) in [5.74, 6) is -0.765. The average molecular weight is 500 g/mol. The molecular formula is C27H26FN7O2. The summed E-state index contributed by atoms with van der Waals surface area (Å²) in [5, 5.41) is 10.7. The Morgan fingerprint density at radius 2 is 1.89 bits per heavy atom. The van der Waals surface area contributed by atoms with Gasteiger partial charge in [0.15, 0.2) is 5.65 Å². The van der Waals surface area contributed by atoms with Crippen molar-refractivity contribution in [1.82, 2.24) is 29.5 Å². The number of hydrogen-bond acceptors (Lipinski definition) is 5. The molecule has 9 nitrogen and oxygen atoms in total. The molecule has 1 unspecified atom stereocenters. The molecule has 4 heterocycles. The highest BCUT2D eigenvalue weighted by atomic mass is 19.1. The number of benzene rings is 1. The van der Waals surface area contributed by atoms with Crippen LogP contribution < -0.4 is 10.6 Å². The maximum absolute atomic E-state index is 13.6. The minimum Gasteiger partial charge on any atom is -0.345 e. The molecule has 5 aromatic rings. The number of pyridine rings is 2. The number of hydrogen-bond donors (Lipinski definition) is 2. The van der Waals surface area contributed by atoms with Gasteiger partial charge in [-0.25, -0.2) is 13.9 Å². The third-order valence-electron chi connectivity index (χ3n) is 6.18. The van der Waals surface area contributed by atoms with Crippen LogP contribution in [0.25, 0.3) is 27.8 Å². The second kappa shape index (κ2) is 9.45. The van der Waals surface area contributed by atoms with Crippen molar-refractivity contribution in [2.75, 3.05) is 5.32 Å². The van der Waals surface area contributed by atoms with Crippen LogP contribution in [0.3, 0.4) is 0 Å². The van der Waals surface area contributed by atoms with Gasteiger partial charge in [0.2, 0.25) is 11.9 Å². The largest absolute Gasteiger partial charge is 0.345 e. The van der Waals surface area contributed by atoms with Crippen LogP contribution in [0.4, 0.5) is 10.3 Å². The van der Waals surface area contributed by atoms with Gasteiger partial charge in [0.25, 0.3) is 5.91 Å². The van der Waals surface area contributed by atoms with Crippen LogP contribution in [-0.4, -0.2) is 36.0 Å². The number of nitrogens with zero attached hydrogens (tertiary/aromatic N) is 5. The molecule has 10 heteroatoms. The quantitative estimate of drug-likeness (QED) is 0.358. The van der Waals surface area contributed by atoms with E-state index in [0.29, 0.717) is 16.8 Å². The van der Waals surface area contributed by atoms with Gasteiger partial charge in [0.1, 0.15) is 11.5 Å². The van der Waals surface area contributed by atoms with Crippen molar-refractivity contribution in [1.29, 1.82) is 0 Å². The standard InChI is InChI=1S/C27H26FN7O2/c1-15(2)25(36)32-27-31-23-12-18(8-9-35(23)33-27)22-14-34(4)24-21(22)11-19(13-29-24)26(37)30-16(3)17-6-5-7-20(28)10-17/h5-16H,1-4H3,(H,30,37)(H,32,33,36). The van der Waals surface area contributed by atoms with E-state index >= 15 is 0 Å². The number of rotatable bonds is 6. The summed E-state index contributed by atoms with van der Waals surface area (Å²) < 4.78 is 17.1. The number of nitrogens with one attached hydrogen (secondary N) is 2. The van der Waals surface area contributed by atoms with Gasteiger partial charge in [-0.15, -0.1) is 5.10 Å². The number of aromatic nitrogens is 5. The predicted octanol–water partition coefficient (Wildman–Crippen LogP) is 4.51. The first-order valence-corrected chi connectivity index (χ1v) is 11.9. The molecule has 0 bridgehead atoms. The second-order valence-electron chi connectivity index (χ2n) is 9.30. The zero-order valence-electron chi connectivity index (χ0n) is 20.9. The molecule has 188 valence electrons. The van der Waals surface area contributed by atoms with E-state index in [1.807, 2.05) is 29.9 Å². The van der Waals surface area contributed by atoms with Gasteiger partial charge < -0.3 is 9.88 Å². The Labute approximate surface area is 212 Å². The van der Waals surface area contributed by atoms with Crippen LogP contribution in [0.2, 0.25) is 0 Å². The number of halogens is 1. The zero-order chi connectivity index (χ0) is 26.3. The molecule has 1 atom stereocenters. The van der Waals surface area contributed by atoms with E-state index in [1.54, 1.807) is 49.7 Å². The summed E-state index contributed by atoms with van der Waals surface area (Å²) in [4.78, 5) is 34.0. The number of anilines is 1. The lowest BCUT2D eigenvalue weighted by molar-refractivity contribution is -0.118. The molecule has 0 fully saturated rings. The van der Waals surface area contributed by atoms with Gasteiger partial charge in [-0.05, 0) is 48.4 Å². The molecule has 0 aliphatic carbocycles. The Morgan fingerprint density at radius 3 is 2.65 bits per heavy atom. The van der Waals surface area contributed by atoms with E-state index in [9.17, 15) is 14.0 Å². The number of aryl methyl sites for hydroxylation is 1.